The van der Waals surface area contributed by atoms with Crippen LogP contribution in [0.1, 0.15) is 96.5 Å². The number of piperazine rings is 1. The fraction of sp³-hybridized carbons (Fsp3) is 0.464. The molecule has 4 aromatic heterocycles. The van der Waals surface area contributed by atoms with E-state index in [9.17, 15) is 24.0 Å². The minimum absolute atomic E-state index is 0.0519. The first-order valence-corrected chi connectivity index (χ1v) is 28.1. The van der Waals surface area contributed by atoms with Crippen molar-refractivity contribution in [3.63, 3.8) is 0 Å². The van der Waals surface area contributed by atoms with E-state index in [1.807, 2.05) is 93.6 Å². The number of rotatable bonds is 16. The van der Waals surface area contributed by atoms with Gasteiger partial charge in [0, 0.05) is 51.0 Å². The number of carbonyl (C=O) groups is 5. The summed E-state index contributed by atoms with van der Waals surface area (Å²) in [5, 5.41) is 12.4. The maximum Gasteiger partial charge on any atom is 0.411 e. The molecule has 406 valence electrons. The predicted molar refractivity (Wildman–Crippen MR) is 299 cm³/mol. The summed E-state index contributed by atoms with van der Waals surface area (Å²) >= 11 is 2.98. The van der Waals surface area contributed by atoms with Gasteiger partial charge in [0.05, 0.1) is 56.6 Å². The molecule has 1 saturated carbocycles. The Hall–Kier alpha value is -7.10. The maximum absolute atomic E-state index is 14.3. The maximum atomic E-state index is 14.3. The molecular weight excluding hydrogens is 1020 g/mol. The van der Waals surface area contributed by atoms with Crippen LogP contribution in [0.25, 0.3) is 31.8 Å². The number of hydrogen-bond donors (Lipinski definition) is 4. The van der Waals surface area contributed by atoms with E-state index in [2.05, 4.69) is 51.1 Å². The van der Waals surface area contributed by atoms with Crippen LogP contribution in [0.3, 0.4) is 0 Å². The van der Waals surface area contributed by atoms with Gasteiger partial charge in [-0.1, -0.05) is 68.9 Å². The first kappa shape index (κ1) is 54.7. The SMILES string of the molecule is Cc1ncc(-c2ccc3nc(NC(=O)CN4CCN(c5ncc(OC(C)(C)C(=O)NC(C(=O)N6CCCC6C(=O)NCc6ccc(-c7scnc7C)cc6)C(C)(C)C)cn5)CC4)sc3c2)cc1NC(=O)OC1CCCCC1. The molecule has 21 heteroatoms. The third-order valence-electron chi connectivity index (χ3n) is 14.3. The van der Waals surface area contributed by atoms with Crippen molar-refractivity contribution >= 4 is 79.4 Å². The molecular formula is C56H68N12O7S2. The molecule has 9 rings (SSSR count). The Morgan fingerprint density at radius 1 is 0.766 bits per heavy atom. The Labute approximate surface area is 457 Å². The monoisotopic (exact) mass is 1080 g/mol. The van der Waals surface area contributed by atoms with Crippen LogP contribution >= 0.6 is 22.7 Å². The Balaban J connectivity index is 0.726. The van der Waals surface area contributed by atoms with E-state index in [0.29, 0.717) is 74.6 Å². The average molecular weight is 1090 g/mol. The summed E-state index contributed by atoms with van der Waals surface area (Å²) in [4.78, 5) is 97.3. The second kappa shape index (κ2) is 23.6. The molecule has 2 unspecified atom stereocenters. The molecule has 0 bridgehead atoms. The number of nitrogens with one attached hydrogen (secondary N) is 4. The fourth-order valence-corrected chi connectivity index (χ4v) is 11.6. The number of likely N-dealkylation sites (tertiary alicyclic amines) is 1. The van der Waals surface area contributed by atoms with Gasteiger partial charge in [0.25, 0.3) is 5.91 Å². The van der Waals surface area contributed by atoms with Crippen LogP contribution < -0.4 is 30.9 Å². The minimum Gasteiger partial charge on any atom is -0.475 e. The number of aromatic nitrogens is 5. The highest BCUT2D eigenvalue weighted by Crippen LogP contribution is 2.33. The molecule has 3 fully saturated rings. The quantitative estimate of drug-likeness (QED) is 0.0713. The van der Waals surface area contributed by atoms with E-state index >= 15 is 0 Å². The summed E-state index contributed by atoms with van der Waals surface area (Å²) in [7, 11) is 0. The number of nitrogens with zero attached hydrogens (tertiary/aromatic N) is 8. The third kappa shape index (κ3) is 13.5. The molecule has 2 aliphatic heterocycles. The Morgan fingerprint density at radius 3 is 2.19 bits per heavy atom. The molecule has 2 aromatic carbocycles. The lowest BCUT2D eigenvalue weighted by molar-refractivity contribution is -0.146. The van der Waals surface area contributed by atoms with Crippen molar-refractivity contribution in [2.75, 3.05) is 54.8 Å². The molecule has 6 aromatic rings. The topological polar surface area (TPSA) is 226 Å². The van der Waals surface area contributed by atoms with Crippen LogP contribution in [0, 0.1) is 19.3 Å². The van der Waals surface area contributed by atoms with Crippen LogP contribution in [0.5, 0.6) is 5.75 Å². The normalized spacial score (nSPS) is 16.9. The van der Waals surface area contributed by atoms with Gasteiger partial charge in [0.2, 0.25) is 23.7 Å². The lowest BCUT2D eigenvalue weighted by Crippen LogP contribution is -2.60. The number of carbonyl (C=O) groups excluding carboxylic acids is 5. The van der Waals surface area contributed by atoms with E-state index in [4.69, 9.17) is 9.47 Å². The average Bonchev–Trinajstić information content (AvgIpc) is 4.19. The predicted octanol–water partition coefficient (Wildman–Crippen LogP) is 8.53. The van der Waals surface area contributed by atoms with Crippen LogP contribution in [0.15, 0.2) is 72.6 Å². The molecule has 1 aliphatic carbocycles. The van der Waals surface area contributed by atoms with Gasteiger partial charge in [-0.05, 0) is 107 Å². The minimum atomic E-state index is -1.42. The number of fused-ring (bicyclic) bond motifs is 1. The van der Waals surface area contributed by atoms with Crippen LogP contribution in [-0.4, -0.2) is 127 Å². The van der Waals surface area contributed by atoms with Gasteiger partial charge in [0.1, 0.15) is 18.2 Å². The Bertz CT molecular complexity index is 3090. The number of amides is 5. The van der Waals surface area contributed by atoms with Gasteiger partial charge in [-0.15, -0.1) is 11.3 Å². The Morgan fingerprint density at radius 2 is 1.49 bits per heavy atom. The summed E-state index contributed by atoms with van der Waals surface area (Å²) in [5.74, 6) is -0.453. The van der Waals surface area contributed by atoms with Crippen molar-refractivity contribution in [2.24, 2.45) is 5.41 Å². The summed E-state index contributed by atoms with van der Waals surface area (Å²) < 4.78 is 12.7. The standard InChI is InChI=1S/C56H68N12O7S2/c1-34-43(63-54(73)74-40-12-9-8-10-13-40)26-39(29-57-34)38-19-20-42-45(27-38)77-53(62-42)64-46(69)32-66-22-24-67(25-23-66)52-59-30-41(31-60-52)75-56(6,7)51(72)65-48(55(3,4)5)50(71)68-21-11-14-44(68)49(70)58-28-36-15-17-37(18-16-36)47-35(2)61-33-76-47/h15-20,26-27,29-31,33,40,44,48H,8-14,21-25,28,32H2,1-7H3,(H,58,70)(H,63,73)(H,65,72)(H,62,64,69). The molecule has 2 saturated heterocycles. The third-order valence-corrected chi connectivity index (χ3v) is 16.2. The smallest absolute Gasteiger partial charge is 0.411 e. The number of ether oxygens (including phenoxy) is 2. The summed E-state index contributed by atoms with van der Waals surface area (Å²) in [5.41, 5.74) is 6.49. The highest BCUT2D eigenvalue weighted by Gasteiger charge is 2.44. The first-order valence-electron chi connectivity index (χ1n) is 26.4. The molecule has 4 N–H and O–H groups in total. The highest BCUT2D eigenvalue weighted by molar-refractivity contribution is 7.22. The van der Waals surface area contributed by atoms with E-state index in [0.717, 1.165) is 68.7 Å². The molecule has 19 nitrogen and oxygen atoms in total. The van der Waals surface area contributed by atoms with Crippen molar-refractivity contribution in [3.05, 3.63) is 89.6 Å². The molecule has 5 amide bonds. The van der Waals surface area contributed by atoms with Gasteiger partial charge in [-0.3, -0.25) is 34.4 Å². The van der Waals surface area contributed by atoms with Crippen LogP contribution in [-0.2, 0) is 30.5 Å². The summed E-state index contributed by atoms with van der Waals surface area (Å²) in [6.07, 6.45) is 10.6. The Kier molecular flexibility index (Phi) is 16.8. The molecule has 3 aliphatic rings. The highest BCUT2D eigenvalue weighted by atomic mass is 32.1. The largest absolute Gasteiger partial charge is 0.475 e. The number of thiazole rings is 2. The zero-order valence-electron chi connectivity index (χ0n) is 44.8. The summed E-state index contributed by atoms with van der Waals surface area (Å²) in [6, 6.07) is 14.2. The molecule has 0 spiro atoms. The van der Waals surface area contributed by atoms with Crippen molar-refractivity contribution in [3.8, 4) is 27.3 Å². The van der Waals surface area contributed by atoms with Crippen molar-refractivity contribution < 1.29 is 33.4 Å². The lowest BCUT2D eigenvalue weighted by atomic mass is 9.85. The van der Waals surface area contributed by atoms with Crippen LogP contribution in [0.2, 0.25) is 0 Å². The van der Waals surface area contributed by atoms with Crippen molar-refractivity contribution in [1.82, 2.24) is 45.4 Å². The molecule has 77 heavy (non-hydrogen) atoms. The zero-order chi connectivity index (χ0) is 54.4. The van der Waals surface area contributed by atoms with E-state index in [1.54, 1.807) is 36.3 Å². The second-order valence-electron chi connectivity index (χ2n) is 21.6. The lowest BCUT2D eigenvalue weighted by Gasteiger charge is -2.37. The van der Waals surface area contributed by atoms with E-state index in [-0.39, 0.29) is 36.1 Å². The molecule has 0 radical (unpaired) electrons. The zero-order valence-corrected chi connectivity index (χ0v) is 46.4. The van der Waals surface area contributed by atoms with Gasteiger partial charge in [-0.2, -0.15) is 0 Å². The van der Waals surface area contributed by atoms with Gasteiger partial charge >= 0.3 is 6.09 Å². The molecule has 6 heterocycles. The van der Waals surface area contributed by atoms with Gasteiger partial charge in [0.15, 0.2) is 16.5 Å². The second-order valence-corrected chi connectivity index (χ2v) is 23.5. The van der Waals surface area contributed by atoms with E-state index < -0.39 is 35.1 Å². The van der Waals surface area contributed by atoms with E-state index in [1.165, 1.54) is 30.2 Å². The fourth-order valence-electron chi connectivity index (χ4n) is 9.87. The van der Waals surface area contributed by atoms with Crippen molar-refractivity contribution in [2.45, 2.75) is 124 Å². The molecule has 2 atom stereocenters. The van der Waals surface area contributed by atoms with Gasteiger partial charge in [-0.25, -0.2) is 24.7 Å². The first-order chi connectivity index (χ1) is 36.9. The van der Waals surface area contributed by atoms with Gasteiger partial charge < -0.3 is 35.2 Å². The number of benzene rings is 2. The number of hydrogen-bond acceptors (Lipinski definition) is 16. The van der Waals surface area contributed by atoms with Crippen LogP contribution in [0.4, 0.5) is 21.6 Å². The number of aryl methyl sites for hydroxylation is 2. The number of pyridine rings is 1. The van der Waals surface area contributed by atoms with Crippen molar-refractivity contribution in [1.29, 1.82) is 0 Å². The summed E-state index contributed by atoms with van der Waals surface area (Å²) in [6.45, 7) is 16.0. The number of anilines is 3.